The molecule has 0 fully saturated rings. The summed E-state index contributed by atoms with van der Waals surface area (Å²) in [4.78, 5) is 3.56. The molecule has 0 spiro atoms. The lowest BCUT2D eigenvalue weighted by atomic mass is 10.2. The van der Waals surface area contributed by atoms with Crippen LogP contribution in [0, 0.1) is 18.3 Å². The van der Waals surface area contributed by atoms with Crippen LogP contribution in [0.2, 0.25) is 0 Å². The van der Waals surface area contributed by atoms with Gasteiger partial charge in [0.25, 0.3) is 0 Å². The van der Waals surface area contributed by atoms with Crippen LogP contribution in [0.5, 0.6) is 5.75 Å². The van der Waals surface area contributed by atoms with E-state index in [2.05, 4.69) is 25.7 Å². The predicted octanol–water partition coefficient (Wildman–Crippen LogP) is 2.92. The fraction of sp³-hybridized carbons (Fsp3) is 0.250. The largest absolute Gasteiger partial charge is 0.573 e. The molecule has 0 unspecified atom stereocenters. The van der Waals surface area contributed by atoms with E-state index in [4.69, 9.17) is 5.26 Å². The van der Waals surface area contributed by atoms with Crippen molar-refractivity contribution < 1.29 is 17.9 Å². The molecule has 0 N–H and O–H groups in total. The Morgan fingerprint density at radius 1 is 1.53 bits per heavy atom. The minimum Gasteiger partial charge on any atom is -0.404 e. The molecule has 1 aromatic heterocycles. The lowest BCUT2D eigenvalue weighted by Gasteiger charge is -2.11. The Morgan fingerprint density at radius 3 is 2.60 bits per heavy atom. The van der Waals surface area contributed by atoms with E-state index >= 15 is 0 Å². The Hall–Kier alpha value is -1.29. The first kappa shape index (κ1) is 11.8. The highest BCUT2D eigenvalue weighted by Gasteiger charge is 2.32. The van der Waals surface area contributed by atoms with Gasteiger partial charge in [0.1, 0.15) is 10.7 Å². The maximum Gasteiger partial charge on any atom is 0.573 e. The SMILES string of the molecule is Cc1c(OC(F)(F)F)cnc(Br)c1C#N. The average molecular weight is 281 g/mol. The highest BCUT2D eigenvalue weighted by Crippen LogP contribution is 2.29. The number of aromatic nitrogens is 1. The molecule has 3 nitrogen and oxygen atoms in total. The molecule has 0 aliphatic heterocycles. The first-order valence-electron chi connectivity index (χ1n) is 3.66. The topological polar surface area (TPSA) is 45.9 Å². The van der Waals surface area contributed by atoms with E-state index < -0.39 is 12.1 Å². The van der Waals surface area contributed by atoms with Gasteiger partial charge in [-0.3, -0.25) is 0 Å². The van der Waals surface area contributed by atoms with Crippen molar-refractivity contribution >= 4 is 15.9 Å². The number of rotatable bonds is 1. The van der Waals surface area contributed by atoms with Crippen molar-refractivity contribution in [3.63, 3.8) is 0 Å². The normalized spacial score (nSPS) is 10.9. The Kier molecular flexibility index (Phi) is 3.19. The van der Waals surface area contributed by atoms with Crippen molar-refractivity contribution in [3.8, 4) is 11.8 Å². The van der Waals surface area contributed by atoms with Crippen LogP contribution in [0.15, 0.2) is 10.8 Å². The van der Waals surface area contributed by atoms with Crippen LogP contribution < -0.4 is 4.74 Å². The van der Waals surface area contributed by atoms with Gasteiger partial charge in [0, 0.05) is 5.56 Å². The zero-order valence-corrected chi connectivity index (χ0v) is 8.98. The summed E-state index contributed by atoms with van der Waals surface area (Å²) >= 11 is 2.95. The lowest BCUT2D eigenvalue weighted by Crippen LogP contribution is -2.18. The van der Waals surface area contributed by atoms with Crippen LogP contribution >= 0.6 is 15.9 Å². The summed E-state index contributed by atoms with van der Waals surface area (Å²) in [5.41, 5.74) is 0.119. The number of nitriles is 1. The predicted molar refractivity (Wildman–Crippen MR) is 48.1 cm³/mol. The van der Waals surface area contributed by atoms with Gasteiger partial charge in [0.15, 0.2) is 5.75 Å². The minimum absolute atomic E-state index is 0.0248. The van der Waals surface area contributed by atoms with E-state index in [9.17, 15) is 13.2 Å². The molecule has 0 amide bonds. The molecular formula is C8H4BrF3N2O. The van der Waals surface area contributed by atoms with Crippen LogP contribution in [-0.4, -0.2) is 11.3 Å². The van der Waals surface area contributed by atoms with E-state index in [-0.39, 0.29) is 15.7 Å². The lowest BCUT2D eigenvalue weighted by molar-refractivity contribution is -0.275. The van der Waals surface area contributed by atoms with Gasteiger partial charge in [-0.2, -0.15) is 5.26 Å². The van der Waals surface area contributed by atoms with Crippen molar-refractivity contribution in [1.82, 2.24) is 4.98 Å². The third-order valence-electron chi connectivity index (χ3n) is 1.58. The van der Waals surface area contributed by atoms with Gasteiger partial charge >= 0.3 is 6.36 Å². The van der Waals surface area contributed by atoms with Gasteiger partial charge in [0.2, 0.25) is 0 Å². The van der Waals surface area contributed by atoms with Crippen molar-refractivity contribution in [1.29, 1.82) is 5.26 Å². The van der Waals surface area contributed by atoms with Crippen molar-refractivity contribution in [3.05, 3.63) is 21.9 Å². The van der Waals surface area contributed by atoms with Gasteiger partial charge in [-0.25, -0.2) is 4.98 Å². The molecule has 80 valence electrons. The number of alkyl halides is 3. The molecule has 7 heteroatoms. The molecule has 15 heavy (non-hydrogen) atoms. The van der Waals surface area contributed by atoms with Gasteiger partial charge < -0.3 is 4.74 Å². The molecule has 0 bridgehead atoms. The van der Waals surface area contributed by atoms with Crippen LogP contribution in [0.1, 0.15) is 11.1 Å². The van der Waals surface area contributed by atoms with Gasteiger partial charge in [0.05, 0.1) is 11.8 Å². The van der Waals surface area contributed by atoms with Crippen molar-refractivity contribution in [2.75, 3.05) is 0 Å². The number of halogens is 4. The van der Waals surface area contributed by atoms with Crippen LogP contribution in [0.25, 0.3) is 0 Å². The average Bonchev–Trinajstić information content (AvgIpc) is 2.09. The summed E-state index contributed by atoms with van der Waals surface area (Å²) < 4.78 is 39.6. The second kappa shape index (κ2) is 4.06. The third-order valence-corrected chi connectivity index (χ3v) is 2.18. The van der Waals surface area contributed by atoms with Gasteiger partial charge in [-0.15, -0.1) is 13.2 Å². The fourth-order valence-electron chi connectivity index (χ4n) is 0.912. The molecule has 1 aromatic rings. The van der Waals surface area contributed by atoms with Gasteiger partial charge in [-0.05, 0) is 22.9 Å². The minimum atomic E-state index is -4.78. The highest BCUT2D eigenvalue weighted by atomic mass is 79.9. The summed E-state index contributed by atoms with van der Waals surface area (Å²) in [7, 11) is 0. The number of hydrogen-bond acceptors (Lipinski definition) is 3. The molecule has 0 radical (unpaired) electrons. The summed E-state index contributed by atoms with van der Waals surface area (Å²) in [6.07, 6.45) is -3.87. The number of hydrogen-bond donors (Lipinski definition) is 0. The molecule has 0 saturated carbocycles. The van der Waals surface area contributed by atoms with Crippen molar-refractivity contribution in [2.24, 2.45) is 0 Å². The maximum absolute atomic E-state index is 11.9. The Labute approximate surface area is 91.6 Å². The zero-order valence-electron chi connectivity index (χ0n) is 7.39. The molecule has 0 saturated heterocycles. The standard InChI is InChI=1S/C8H4BrF3N2O/c1-4-5(2-13)7(9)14-3-6(4)15-8(10,11)12/h3H,1H3. The molecule has 0 aliphatic carbocycles. The van der Waals surface area contributed by atoms with Crippen LogP contribution in [0.3, 0.4) is 0 Å². The molecule has 0 atom stereocenters. The van der Waals surface area contributed by atoms with E-state index in [1.807, 2.05) is 0 Å². The molecule has 1 heterocycles. The summed E-state index contributed by atoms with van der Waals surface area (Å²) in [5, 5.41) is 8.67. The Balaban J connectivity index is 3.18. The zero-order chi connectivity index (χ0) is 11.6. The monoisotopic (exact) mass is 280 g/mol. The number of nitrogens with zero attached hydrogens (tertiary/aromatic N) is 2. The Morgan fingerprint density at radius 2 is 2.13 bits per heavy atom. The summed E-state index contributed by atoms with van der Waals surface area (Å²) in [5.74, 6) is -0.470. The fourth-order valence-corrected chi connectivity index (χ4v) is 1.40. The second-order valence-corrected chi connectivity index (χ2v) is 3.32. The number of ether oxygens (including phenoxy) is 1. The maximum atomic E-state index is 11.9. The molecule has 0 aliphatic rings. The van der Waals surface area contributed by atoms with E-state index in [1.165, 1.54) is 6.92 Å². The second-order valence-electron chi connectivity index (χ2n) is 2.57. The summed E-state index contributed by atoms with van der Waals surface area (Å²) in [6, 6.07) is 1.73. The first-order valence-corrected chi connectivity index (χ1v) is 4.45. The Bertz CT molecular complexity index is 425. The van der Waals surface area contributed by atoms with Crippen LogP contribution in [-0.2, 0) is 0 Å². The molecular weight excluding hydrogens is 277 g/mol. The third kappa shape index (κ3) is 2.83. The first-order chi connectivity index (χ1) is 6.85. The highest BCUT2D eigenvalue weighted by molar-refractivity contribution is 9.10. The van der Waals surface area contributed by atoms with E-state index in [1.54, 1.807) is 6.07 Å². The molecule has 0 aromatic carbocycles. The molecule has 1 rings (SSSR count). The van der Waals surface area contributed by atoms with Crippen molar-refractivity contribution in [2.45, 2.75) is 13.3 Å². The van der Waals surface area contributed by atoms with Gasteiger partial charge in [-0.1, -0.05) is 0 Å². The van der Waals surface area contributed by atoms with E-state index in [0.717, 1.165) is 6.20 Å². The number of pyridine rings is 1. The quantitative estimate of drug-likeness (QED) is 0.743. The van der Waals surface area contributed by atoms with Crippen LogP contribution in [0.4, 0.5) is 13.2 Å². The van der Waals surface area contributed by atoms with E-state index in [0.29, 0.717) is 0 Å². The smallest absolute Gasteiger partial charge is 0.404 e. The summed E-state index contributed by atoms with van der Waals surface area (Å²) in [6.45, 7) is 1.35.